The quantitative estimate of drug-likeness (QED) is 0.519. The minimum absolute atomic E-state index is 0.0197. The van der Waals surface area contributed by atoms with Gasteiger partial charge in [0.25, 0.3) is 0 Å². The van der Waals surface area contributed by atoms with Gasteiger partial charge in [-0.15, -0.1) is 0 Å². The molecule has 1 amide bonds. The number of carbonyl (C=O) groups is 1. The van der Waals surface area contributed by atoms with Crippen LogP contribution in [0.2, 0.25) is 0 Å². The first-order valence-electron chi connectivity index (χ1n) is 11.0. The van der Waals surface area contributed by atoms with E-state index < -0.39 is 0 Å². The van der Waals surface area contributed by atoms with Gasteiger partial charge in [-0.05, 0) is 44.3 Å². The van der Waals surface area contributed by atoms with Gasteiger partial charge in [0.2, 0.25) is 5.91 Å². The van der Waals surface area contributed by atoms with Crippen molar-refractivity contribution < 1.29 is 4.79 Å². The van der Waals surface area contributed by atoms with Crippen LogP contribution in [-0.2, 0) is 4.79 Å². The molecule has 4 aliphatic rings. The van der Waals surface area contributed by atoms with E-state index in [1.807, 2.05) is 0 Å². The van der Waals surface area contributed by atoms with Crippen molar-refractivity contribution in [2.45, 2.75) is 62.3 Å². The second kappa shape index (κ2) is 6.09. The van der Waals surface area contributed by atoms with E-state index in [1.54, 1.807) is 6.92 Å². The number of carbonyl (C=O) groups excluding carboxylic acids is 1. The molecule has 0 radical (unpaired) electrons. The van der Waals surface area contributed by atoms with Crippen molar-refractivity contribution in [1.82, 2.24) is 5.32 Å². The maximum atomic E-state index is 12.2. The fraction of sp³-hybridized carbons (Fsp3) is 0.464. The lowest BCUT2D eigenvalue weighted by Crippen LogP contribution is -2.50. The normalized spacial score (nSPS) is 30.0. The van der Waals surface area contributed by atoms with Crippen LogP contribution >= 0.6 is 0 Å². The molecule has 0 saturated carbocycles. The Hall–Kier alpha value is -2.35. The summed E-state index contributed by atoms with van der Waals surface area (Å²) in [4.78, 5) is 12.2. The molecule has 2 nitrogen and oxygen atoms in total. The van der Waals surface area contributed by atoms with E-state index in [1.165, 1.54) is 33.4 Å². The molecule has 0 spiro atoms. The van der Waals surface area contributed by atoms with Crippen LogP contribution in [0.1, 0.15) is 62.3 Å². The molecule has 0 aromatic heterocycles. The Labute approximate surface area is 181 Å². The first-order valence-corrected chi connectivity index (χ1v) is 11.0. The molecule has 0 heterocycles. The maximum absolute atomic E-state index is 12.2. The highest BCUT2D eigenvalue weighted by Crippen LogP contribution is 2.67. The van der Waals surface area contributed by atoms with E-state index in [0.717, 1.165) is 5.70 Å². The number of allylic oxidation sites excluding steroid dienone is 13. The predicted octanol–water partition coefficient (Wildman–Crippen LogP) is 6.72. The summed E-state index contributed by atoms with van der Waals surface area (Å²) in [5, 5.41) is 3.21. The molecule has 0 saturated heterocycles. The fourth-order valence-electron chi connectivity index (χ4n) is 5.47. The zero-order chi connectivity index (χ0) is 22.3. The van der Waals surface area contributed by atoms with Crippen LogP contribution in [0.25, 0.3) is 0 Å². The number of hydrogen-bond acceptors (Lipinski definition) is 1. The molecule has 2 heteroatoms. The zero-order valence-corrected chi connectivity index (χ0v) is 19.9. The smallest absolute Gasteiger partial charge is 0.221 e. The lowest BCUT2D eigenvalue weighted by molar-refractivity contribution is -0.118. The van der Waals surface area contributed by atoms with E-state index >= 15 is 0 Å². The van der Waals surface area contributed by atoms with Crippen molar-refractivity contribution in [1.29, 1.82) is 0 Å². The standard InChI is InChI=1S/C28H35NO/c1-17(30)29-24-22-13-12-19-15-21(25(2,3)4)14-18-10-11-20(16-23(24)26(5,6)7)28(22,9)27(18,19)8/h10-16H,1-9H3,(H,29,30)/t27-,28+/m0/s1. The van der Waals surface area contributed by atoms with Crippen molar-refractivity contribution in [3.05, 3.63) is 81.7 Å². The highest BCUT2D eigenvalue weighted by Gasteiger charge is 2.58. The fourth-order valence-corrected chi connectivity index (χ4v) is 5.47. The number of amides is 1. The molecule has 0 unspecified atom stereocenters. The Balaban J connectivity index is 2.06. The minimum atomic E-state index is -0.232. The van der Waals surface area contributed by atoms with Crippen molar-refractivity contribution in [2.24, 2.45) is 21.7 Å². The van der Waals surface area contributed by atoms with Gasteiger partial charge in [-0.3, -0.25) is 4.79 Å². The van der Waals surface area contributed by atoms with Gasteiger partial charge in [-0.1, -0.05) is 97.9 Å². The molecular weight excluding hydrogens is 366 g/mol. The number of rotatable bonds is 1. The van der Waals surface area contributed by atoms with Crippen LogP contribution < -0.4 is 5.32 Å². The molecule has 0 aromatic carbocycles. The third kappa shape index (κ3) is 2.65. The van der Waals surface area contributed by atoms with Gasteiger partial charge in [-0.25, -0.2) is 0 Å². The van der Waals surface area contributed by atoms with Gasteiger partial charge in [0.15, 0.2) is 0 Å². The molecular formula is C28H35NO. The third-order valence-electron chi connectivity index (χ3n) is 7.58. The van der Waals surface area contributed by atoms with Crippen LogP contribution in [0.4, 0.5) is 0 Å². The van der Waals surface area contributed by atoms with E-state index in [4.69, 9.17) is 0 Å². The molecule has 1 N–H and O–H groups in total. The van der Waals surface area contributed by atoms with E-state index in [9.17, 15) is 4.79 Å². The van der Waals surface area contributed by atoms with Crippen molar-refractivity contribution in [3.63, 3.8) is 0 Å². The van der Waals surface area contributed by atoms with Crippen LogP contribution in [0.3, 0.4) is 0 Å². The van der Waals surface area contributed by atoms with Gasteiger partial charge >= 0.3 is 0 Å². The molecule has 2 atom stereocenters. The second-order valence-electron chi connectivity index (χ2n) is 11.6. The van der Waals surface area contributed by atoms with Gasteiger partial charge in [0, 0.05) is 23.5 Å². The topological polar surface area (TPSA) is 29.1 Å². The zero-order valence-electron chi connectivity index (χ0n) is 19.9. The van der Waals surface area contributed by atoms with Gasteiger partial charge < -0.3 is 5.32 Å². The van der Waals surface area contributed by atoms with Gasteiger partial charge in [0.1, 0.15) is 0 Å². The Bertz CT molecular complexity index is 1070. The molecule has 0 aromatic rings. The highest BCUT2D eigenvalue weighted by atomic mass is 16.1. The highest BCUT2D eigenvalue weighted by molar-refractivity contribution is 5.79. The molecule has 30 heavy (non-hydrogen) atoms. The molecule has 4 aliphatic carbocycles. The van der Waals surface area contributed by atoms with E-state index in [-0.39, 0.29) is 27.6 Å². The van der Waals surface area contributed by atoms with Crippen molar-refractivity contribution in [2.75, 3.05) is 0 Å². The van der Waals surface area contributed by atoms with Gasteiger partial charge in [-0.2, -0.15) is 0 Å². The van der Waals surface area contributed by atoms with E-state index in [0.29, 0.717) is 0 Å². The predicted molar refractivity (Wildman–Crippen MR) is 126 cm³/mol. The molecule has 0 fully saturated rings. The largest absolute Gasteiger partial charge is 0.326 e. The van der Waals surface area contributed by atoms with Crippen molar-refractivity contribution >= 4 is 5.91 Å². The summed E-state index contributed by atoms with van der Waals surface area (Å²) in [5.41, 5.74) is 8.41. The van der Waals surface area contributed by atoms with Gasteiger partial charge in [0.05, 0.1) is 0 Å². The molecule has 4 rings (SSSR count). The molecule has 0 bridgehead atoms. The summed E-state index contributed by atoms with van der Waals surface area (Å²) in [6.07, 6.45) is 16.2. The maximum Gasteiger partial charge on any atom is 0.221 e. The second-order valence-corrected chi connectivity index (χ2v) is 11.6. The summed E-state index contributed by atoms with van der Waals surface area (Å²) in [6, 6.07) is 0. The van der Waals surface area contributed by atoms with E-state index in [2.05, 4.69) is 103 Å². The summed E-state index contributed by atoms with van der Waals surface area (Å²) < 4.78 is 0. The lowest BCUT2D eigenvalue weighted by atomic mass is 9.45. The van der Waals surface area contributed by atoms with Crippen LogP contribution in [0, 0.1) is 21.7 Å². The first-order chi connectivity index (χ1) is 13.7. The number of hydrogen-bond donors (Lipinski definition) is 1. The number of nitrogens with one attached hydrogen (secondary N) is 1. The Morgan fingerprint density at radius 1 is 0.800 bits per heavy atom. The summed E-state index contributed by atoms with van der Waals surface area (Å²) in [6.45, 7) is 19.8. The monoisotopic (exact) mass is 401 g/mol. The summed E-state index contributed by atoms with van der Waals surface area (Å²) in [5.74, 6) is -0.0197. The average molecular weight is 402 g/mol. The SMILES string of the molecule is CC(=O)NC1=C(C(C)(C)C)C=C2C=CC3=CC(C(C)(C)C)=CC4=CC=C1[C@]2(C)[C@]43C. The summed E-state index contributed by atoms with van der Waals surface area (Å²) >= 11 is 0. The van der Waals surface area contributed by atoms with Crippen molar-refractivity contribution in [3.8, 4) is 0 Å². The van der Waals surface area contributed by atoms with Crippen LogP contribution in [0.5, 0.6) is 0 Å². The molecule has 158 valence electrons. The Morgan fingerprint density at radius 2 is 1.40 bits per heavy atom. The lowest BCUT2D eigenvalue weighted by Gasteiger charge is -2.58. The summed E-state index contributed by atoms with van der Waals surface area (Å²) in [7, 11) is 0. The molecule has 0 aliphatic heterocycles. The third-order valence-corrected chi connectivity index (χ3v) is 7.58. The Morgan fingerprint density at radius 3 is 1.93 bits per heavy atom. The van der Waals surface area contributed by atoms with Crippen LogP contribution in [-0.4, -0.2) is 5.91 Å². The minimum Gasteiger partial charge on any atom is -0.326 e. The first kappa shape index (κ1) is 20.9. The average Bonchev–Trinajstić information content (AvgIpc) is 2.58. The Kier molecular flexibility index (Phi) is 4.24. The van der Waals surface area contributed by atoms with Crippen LogP contribution in [0.15, 0.2) is 81.7 Å².